The molecule has 0 bridgehead atoms. The average Bonchev–Trinajstić information content (AvgIpc) is 2.50. The van der Waals surface area contributed by atoms with Gasteiger partial charge in [-0.05, 0) is 30.2 Å². The van der Waals surface area contributed by atoms with Crippen LogP contribution >= 0.6 is 0 Å². The van der Waals surface area contributed by atoms with Gasteiger partial charge in [0.2, 0.25) is 0 Å². The van der Waals surface area contributed by atoms with E-state index in [2.05, 4.69) is 62.9 Å². The van der Waals surface area contributed by atoms with Crippen LogP contribution in [-0.4, -0.2) is 21.8 Å². The molecule has 0 N–H and O–H groups in total. The summed E-state index contributed by atoms with van der Waals surface area (Å²) in [6, 6.07) is 14.9. The highest BCUT2D eigenvalue weighted by molar-refractivity contribution is 6.82. The predicted octanol–water partition coefficient (Wildman–Crippen LogP) is 3.97. The van der Waals surface area contributed by atoms with Gasteiger partial charge in [0.15, 0.2) is 0 Å². The first-order chi connectivity index (χ1) is 9.71. The Hall–Kier alpha value is -1.16. The summed E-state index contributed by atoms with van der Waals surface area (Å²) < 4.78 is 12.4. The average molecular weight is 288 g/mol. The van der Waals surface area contributed by atoms with Gasteiger partial charge in [0, 0.05) is 18.4 Å². The second kappa shape index (κ2) is 7.02. The van der Waals surface area contributed by atoms with Gasteiger partial charge in [-0.1, -0.05) is 56.3 Å². The molecule has 0 aliphatic rings. The third kappa shape index (κ3) is 3.29. The van der Waals surface area contributed by atoms with E-state index in [1.54, 1.807) is 0 Å². The Labute approximate surface area is 123 Å². The third-order valence-electron chi connectivity index (χ3n) is 3.44. The van der Waals surface area contributed by atoms with Crippen molar-refractivity contribution in [2.45, 2.75) is 33.2 Å². The lowest BCUT2D eigenvalue weighted by molar-refractivity contribution is 0.186. The second-order valence-electron chi connectivity index (χ2n) is 5.17. The minimum absolute atomic E-state index is 0.760. The molecule has 0 unspecified atom stereocenters. The molecule has 0 radical (unpaired) electrons. The van der Waals surface area contributed by atoms with Crippen molar-refractivity contribution >= 4 is 24.5 Å². The molecule has 108 valence electrons. The maximum absolute atomic E-state index is 6.19. The van der Waals surface area contributed by atoms with Crippen molar-refractivity contribution in [1.82, 2.24) is 0 Å². The van der Waals surface area contributed by atoms with Crippen LogP contribution in [0.2, 0.25) is 6.55 Å². The Bertz CT molecular complexity index is 540. The van der Waals surface area contributed by atoms with Crippen LogP contribution in [-0.2, 0) is 8.85 Å². The highest BCUT2D eigenvalue weighted by atomic mass is 28.4. The summed E-state index contributed by atoms with van der Waals surface area (Å²) in [5.74, 6) is 0. The Balaban J connectivity index is 2.44. The lowest BCUT2D eigenvalue weighted by Crippen LogP contribution is -2.51. The minimum Gasteiger partial charge on any atom is -0.391 e. The summed E-state index contributed by atoms with van der Waals surface area (Å²) >= 11 is 0. The quantitative estimate of drug-likeness (QED) is 0.718. The summed E-state index contributed by atoms with van der Waals surface area (Å²) in [5.41, 5.74) is 0. The molecule has 0 spiro atoms. The van der Waals surface area contributed by atoms with Crippen molar-refractivity contribution in [3.63, 3.8) is 0 Å². The number of hydrogen-bond acceptors (Lipinski definition) is 2. The first-order valence-electron chi connectivity index (χ1n) is 7.47. The van der Waals surface area contributed by atoms with Crippen LogP contribution in [0.15, 0.2) is 42.5 Å². The van der Waals surface area contributed by atoms with E-state index in [0.717, 1.165) is 26.1 Å². The molecule has 20 heavy (non-hydrogen) atoms. The van der Waals surface area contributed by atoms with Crippen molar-refractivity contribution in [2.24, 2.45) is 0 Å². The molecule has 0 saturated carbocycles. The van der Waals surface area contributed by atoms with Gasteiger partial charge >= 0.3 is 8.56 Å². The van der Waals surface area contributed by atoms with Gasteiger partial charge in [-0.2, -0.15) is 0 Å². The van der Waals surface area contributed by atoms with E-state index in [4.69, 9.17) is 8.85 Å². The number of benzene rings is 2. The van der Waals surface area contributed by atoms with Crippen LogP contribution in [0.3, 0.4) is 0 Å². The van der Waals surface area contributed by atoms with Gasteiger partial charge in [0.05, 0.1) is 0 Å². The lowest BCUT2D eigenvalue weighted by atomic mass is 10.1. The molecule has 2 aromatic carbocycles. The highest BCUT2D eigenvalue weighted by Crippen LogP contribution is 2.18. The Kier molecular flexibility index (Phi) is 5.35. The van der Waals surface area contributed by atoms with E-state index in [-0.39, 0.29) is 0 Å². The molecule has 0 atom stereocenters. The van der Waals surface area contributed by atoms with Crippen LogP contribution in [0.5, 0.6) is 0 Å². The largest absolute Gasteiger partial charge is 0.391 e. The summed E-state index contributed by atoms with van der Waals surface area (Å²) in [5, 5.41) is 3.76. The van der Waals surface area contributed by atoms with Gasteiger partial charge in [0.25, 0.3) is 0 Å². The summed E-state index contributed by atoms with van der Waals surface area (Å²) in [6.45, 7) is 7.96. The van der Waals surface area contributed by atoms with Crippen molar-refractivity contribution in [3.8, 4) is 0 Å². The number of fused-ring (bicyclic) bond motifs is 1. The topological polar surface area (TPSA) is 18.5 Å². The first-order valence-corrected chi connectivity index (χ1v) is 9.79. The van der Waals surface area contributed by atoms with Crippen molar-refractivity contribution in [1.29, 1.82) is 0 Å². The van der Waals surface area contributed by atoms with Gasteiger partial charge in [0.1, 0.15) is 0 Å². The smallest absolute Gasteiger partial charge is 0.369 e. The number of rotatable bonds is 7. The van der Waals surface area contributed by atoms with Crippen LogP contribution in [0.25, 0.3) is 10.8 Å². The molecule has 2 aromatic rings. The normalized spacial score (nSPS) is 11.9. The third-order valence-corrected chi connectivity index (χ3v) is 6.37. The highest BCUT2D eigenvalue weighted by Gasteiger charge is 2.35. The molecule has 0 aromatic heterocycles. The minimum atomic E-state index is -2.33. The van der Waals surface area contributed by atoms with Crippen LogP contribution in [0.4, 0.5) is 0 Å². The van der Waals surface area contributed by atoms with Crippen molar-refractivity contribution in [3.05, 3.63) is 42.5 Å². The zero-order valence-electron chi connectivity index (χ0n) is 12.7. The molecule has 2 nitrogen and oxygen atoms in total. The first kappa shape index (κ1) is 15.2. The van der Waals surface area contributed by atoms with Crippen molar-refractivity contribution in [2.75, 3.05) is 13.2 Å². The van der Waals surface area contributed by atoms with E-state index < -0.39 is 8.56 Å². The van der Waals surface area contributed by atoms with E-state index in [1.165, 1.54) is 16.0 Å². The second-order valence-corrected chi connectivity index (χ2v) is 8.18. The summed E-state index contributed by atoms with van der Waals surface area (Å²) in [6.07, 6.45) is 2.03. The zero-order valence-corrected chi connectivity index (χ0v) is 13.7. The van der Waals surface area contributed by atoms with Crippen molar-refractivity contribution < 1.29 is 8.85 Å². The fourth-order valence-corrected chi connectivity index (χ4v) is 5.11. The Morgan fingerprint density at radius 3 is 2.10 bits per heavy atom. The van der Waals surface area contributed by atoms with E-state index >= 15 is 0 Å². The monoisotopic (exact) mass is 288 g/mol. The molecule has 0 saturated heterocycles. The van der Waals surface area contributed by atoms with E-state index in [0.29, 0.717) is 0 Å². The molecular weight excluding hydrogens is 264 g/mol. The van der Waals surface area contributed by atoms with Gasteiger partial charge in [-0.3, -0.25) is 0 Å². The molecular formula is C17H24O2Si. The van der Waals surface area contributed by atoms with E-state index in [1.807, 2.05) is 0 Å². The van der Waals surface area contributed by atoms with Crippen LogP contribution in [0, 0.1) is 0 Å². The molecule has 0 aliphatic carbocycles. The predicted molar refractivity (Wildman–Crippen MR) is 87.7 cm³/mol. The van der Waals surface area contributed by atoms with Gasteiger partial charge in [-0.25, -0.2) is 0 Å². The molecule has 2 rings (SSSR count). The standard InChI is InChI=1S/C17H24O2Si/c1-4-13-18-20(3,19-14-5-2)17-12-8-10-15-9-6-7-11-16(15)17/h6-12H,4-5,13-14H2,1-3H3. The maximum atomic E-state index is 6.19. The Morgan fingerprint density at radius 1 is 0.850 bits per heavy atom. The molecule has 0 fully saturated rings. The molecule has 0 heterocycles. The lowest BCUT2D eigenvalue weighted by Gasteiger charge is -2.28. The maximum Gasteiger partial charge on any atom is 0.369 e. The molecule has 0 aliphatic heterocycles. The fourth-order valence-electron chi connectivity index (χ4n) is 2.41. The molecule has 0 amide bonds. The van der Waals surface area contributed by atoms with E-state index in [9.17, 15) is 0 Å². The zero-order chi connectivity index (χ0) is 14.4. The van der Waals surface area contributed by atoms with Gasteiger partial charge in [-0.15, -0.1) is 0 Å². The SMILES string of the molecule is CCCO[Si](C)(OCCC)c1cccc2ccccc12. The Morgan fingerprint density at radius 2 is 1.45 bits per heavy atom. The summed E-state index contributed by atoms with van der Waals surface area (Å²) in [4.78, 5) is 0. The number of hydrogen-bond donors (Lipinski definition) is 0. The summed E-state index contributed by atoms with van der Waals surface area (Å²) in [7, 11) is -2.33. The van der Waals surface area contributed by atoms with Gasteiger partial charge < -0.3 is 8.85 Å². The fraction of sp³-hybridized carbons (Fsp3) is 0.412. The van der Waals surface area contributed by atoms with Crippen LogP contribution in [0.1, 0.15) is 26.7 Å². The molecule has 3 heteroatoms. The van der Waals surface area contributed by atoms with Crippen LogP contribution < -0.4 is 5.19 Å².